The van der Waals surface area contributed by atoms with Crippen molar-refractivity contribution in [1.82, 2.24) is 10.3 Å². The van der Waals surface area contributed by atoms with E-state index in [0.29, 0.717) is 13.0 Å². The highest BCUT2D eigenvalue weighted by Gasteiger charge is 2.67. The van der Waals surface area contributed by atoms with Crippen LogP contribution in [0.4, 0.5) is 0 Å². The van der Waals surface area contributed by atoms with E-state index in [2.05, 4.69) is 10.3 Å². The van der Waals surface area contributed by atoms with Gasteiger partial charge in [0.1, 0.15) is 4.33 Å². The van der Waals surface area contributed by atoms with Gasteiger partial charge in [0.2, 0.25) is 5.91 Å². The second kappa shape index (κ2) is 3.86. The minimum atomic E-state index is -0.902. The van der Waals surface area contributed by atoms with E-state index in [9.17, 15) is 4.79 Å². The summed E-state index contributed by atoms with van der Waals surface area (Å²) in [7, 11) is 0. The lowest BCUT2D eigenvalue weighted by Gasteiger charge is -2.11. The molecule has 1 heterocycles. The molecule has 2 rings (SSSR count). The van der Waals surface area contributed by atoms with E-state index < -0.39 is 9.75 Å². The minimum Gasteiger partial charge on any atom is -0.351 e. The monoisotopic (exact) mass is 278 g/mol. The van der Waals surface area contributed by atoms with Gasteiger partial charge in [-0.15, -0.1) is 34.5 Å². The Hall–Kier alpha value is -0.320. The fourth-order valence-corrected chi connectivity index (χ4v) is 2.94. The number of carbonyl (C=O) groups is 1. The van der Waals surface area contributed by atoms with E-state index >= 15 is 0 Å². The molecule has 0 aromatic carbocycles. The van der Waals surface area contributed by atoms with Crippen LogP contribution in [-0.4, -0.2) is 15.2 Å². The highest BCUT2D eigenvalue weighted by molar-refractivity contribution is 7.11. The third-order valence-corrected chi connectivity index (χ3v) is 4.87. The van der Waals surface area contributed by atoms with E-state index in [-0.39, 0.29) is 5.91 Å². The second-order valence-corrected chi connectivity index (χ2v) is 7.04. The molecule has 0 aliphatic heterocycles. The molecule has 1 aliphatic rings. The van der Waals surface area contributed by atoms with Crippen LogP contribution in [0.15, 0.2) is 6.20 Å². The fraction of sp³-hybridized carbons (Fsp3) is 0.600. The quantitative estimate of drug-likeness (QED) is 0.864. The number of aromatic nitrogens is 1. The van der Waals surface area contributed by atoms with Gasteiger partial charge < -0.3 is 5.32 Å². The molecule has 1 fully saturated rings. The lowest BCUT2D eigenvalue weighted by Crippen LogP contribution is -2.32. The summed E-state index contributed by atoms with van der Waals surface area (Å²) < 4.78 is -0.902. The first kappa shape index (κ1) is 12.1. The second-order valence-electron chi connectivity index (χ2n) is 4.24. The van der Waals surface area contributed by atoms with E-state index in [4.69, 9.17) is 23.2 Å². The van der Waals surface area contributed by atoms with E-state index in [1.54, 1.807) is 24.5 Å². The van der Waals surface area contributed by atoms with Crippen LogP contribution in [-0.2, 0) is 11.3 Å². The molecular formula is C10H12Cl2N2OS. The summed E-state index contributed by atoms with van der Waals surface area (Å²) in [6.45, 7) is 4.20. The first-order valence-electron chi connectivity index (χ1n) is 4.93. The van der Waals surface area contributed by atoms with E-state index in [0.717, 1.165) is 9.88 Å². The number of thiazole rings is 1. The maximum Gasteiger partial charge on any atom is 0.229 e. The van der Waals surface area contributed by atoms with Gasteiger partial charge in [-0.2, -0.15) is 0 Å². The van der Waals surface area contributed by atoms with Gasteiger partial charge in [-0.3, -0.25) is 4.79 Å². The minimum absolute atomic E-state index is 0.0939. The van der Waals surface area contributed by atoms with Gasteiger partial charge in [0, 0.05) is 11.1 Å². The Morgan fingerprint density at radius 2 is 2.31 bits per heavy atom. The zero-order valence-electron chi connectivity index (χ0n) is 9.01. The van der Waals surface area contributed by atoms with Crippen molar-refractivity contribution in [2.75, 3.05) is 0 Å². The standard InChI is InChI=1S/C10H12Cl2N2OS/c1-6-13-3-7(16-6)4-14-8(15)9(2)5-10(9,11)12/h3H,4-5H2,1-2H3,(H,14,15). The van der Waals surface area contributed by atoms with Crippen LogP contribution in [0.1, 0.15) is 23.2 Å². The summed E-state index contributed by atoms with van der Waals surface area (Å²) in [6, 6.07) is 0. The molecule has 1 amide bonds. The molecular weight excluding hydrogens is 267 g/mol. The van der Waals surface area contributed by atoms with Crippen molar-refractivity contribution in [3.8, 4) is 0 Å². The number of nitrogens with zero attached hydrogens (tertiary/aromatic N) is 1. The first-order chi connectivity index (χ1) is 7.35. The summed E-state index contributed by atoms with van der Waals surface area (Å²) in [5.41, 5.74) is -0.643. The molecule has 1 aromatic rings. The number of halogens is 2. The molecule has 1 saturated carbocycles. The zero-order chi connectivity index (χ0) is 12.0. The maximum atomic E-state index is 11.8. The van der Waals surface area contributed by atoms with Crippen LogP contribution in [0.5, 0.6) is 0 Å². The fourth-order valence-electron chi connectivity index (χ4n) is 1.50. The Morgan fingerprint density at radius 3 is 2.75 bits per heavy atom. The van der Waals surface area contributed by atoms with E-state index in [1.165, 1.54) is 0 Å². The SMILES string of the molecule is Cc1ncc(CNC(=O)C2(C)CC2(Cl)Cl)s1. The number of carbonyl (C=O) groups excluding carboxylic acids is 1. The van der Waals surface area contributed by atoms with E-state index in [1.807, 2.05) is 6.92 Å². The molecule has 16 heavy (non-hydrogen) atoms. The molecule has 3 nitrogen and oxygen atoms in total. The van der Waals surface area contributed by atoms with Crippen molar-refractivity contribution in [2.45, 2.75) is 31.1 Å². The average molecular weight is 279 g/mol. The topological polar surface area (TPSA) is 42.0 Å². The van der Waals surface area contributed by atoms with Gasteiger partial charge >= 0.3 is 0 Å². The van der Waals surface area contributed by atoms with Crippen LogP contribution < -0.4 is 5.32 Å². The normalized spacial score (nSPS) is 26.5. The Labute approximate surface area is 108 Å². The van der Waals surface area contributed by atoms with Gasteiger partial charge in [-0.25, -0.2) is 4.98 Å². The third kappa shape index (κ3) is 2.06. The molecule has 1 aromatic heterocycles. The van der Waals surface area contributed by atoms with Gasteiger partial charge in [0.25, 0.3) is 0 Å². The number of hydrogen-bond donors (Lipinski definition) is 1. The lowest BCUT2D eigenvalue weighted by molar-refractivity contribution is -0.125. The molecule has 1 atom stereocenters. The summed E-state index contributed by atoms with van der Waals surface area (Å²) >= 11 is 13.4. The van der Waals surface area contributed by atoms with Gasteiger partial charge in [0.15, 0.2) is 0 Å². The first-order valence-corrected chi connectivity index (χ1v) is 6.50. The van der Waals surface area contributed by atoms with Crippen LogP contribution >= 0.6 is 34.5 Å². The van der Waals surface area contributed by atoms with Gasteiger partial charge in [-0.1, -0.05) is 0 Å². The third-order valence-electron chi connectivity index (χ3n) is 2.85. The summed E-state index contributed by atoms with van der Waals surface area (Å²) in [5, 5.41) is 3.82. The van der Waals surface area contributed by atoms with Gasteiger partial charge in [-0.05, 0) is 20.3 Å². The summed E-state index contributed by atoms with van der Waals surface area (Å²) in [5.74, 6) is -0.0939. The molecule has 0 spiro atoms. The predicted molar refractivity (Wildman–Crippen MR) is 65.9 cm³/mol. The van der Waals surface area contributed by atoms with Crippen molar-refractivity contribution >= 4 is 40.4 Å². The maximum absolute atomic E-state index is 11.8. The van der Waals surface area contributed by atoms with Gasteiger partial charge in [0.05, 0.1) is 17.0 Å². The van der Waals surface area contributed by atoms with Crippen LogP contribution in [0.3, 0.4) is 0 Å². The lowest BCUT2D eigenvalue weighted by atomic mass is 10.1. The van der Waals surface area contributed by atoms with Crippen LogP contribution in [0.25, 0.3) is 0 Å². The average Bonchev–Trinajstić information content (AvgIpc) is 2.57. The number of alkyl halides is 2. The van der Waals surface area contributed by atoms with Crippen molar-refractivity contribution < 1.29 is 4.79 Å². The van der Waals surface area contributed by atoms with Crippen molar-refractivity contribution in [3.05, 3.63) is 16.1 Å². The number of nitrogens with one attached hydrogen (secondary N) is 1. The highest BCUT2D eigenvalue weighted by Crippen LogP contribution is 2.63. The largest absolute Gasteiger partial charge is 0.351 e. The number of aryl methyl sites for hydroxylation is 1. The molecule has 0 bridgehead atoms. The van der Waals surface area contributed by atoms with Crippen molar-refractivity contribution in [3.63, 3.8) is 0 Å². The molecule has 0 radical (unpaired) electrons. The Balaban J connectivity index is 1.90. The molecule has 1 N–H and O–H groups in total. The zero-order valence-corrected chi connectivity index (χ0v) is 11.3. The Bertz CT molecular complexity index is 432. The number of hydrogen-bond acceptors (Lipinski definition) is 3. The number of rotatable bonds is 3. The van der Waals surface area contributed by atoms with Crippen LogP contribution in [0, 0.1) is 12.3 Å². The van der Waals surface area contributed by atoms with Crippen molar-refractivity contribution in [1.29, 1.82) is 0 Å². The predicted octanol–water partition coefficient (Wildman–Crippen LogP) is 2.65. The Morgan fingerprint density at radius 1 is 1.69 bits per heavy atom. The highest BCUT2D eigenvalue weighted by atomic mass is 35.5. The molecule has 88 valence electrons. The summed E-state index contributed by atoms with van der Waals surface area (Å²) in [4.78, 5) is 17.0. The van der Waals surface area contributed by atoms with Crippen LogP contribution in [0.2, 0.25) is 0 Å². The Kier molecular flexibility index (Phi) is 2.93. The smallest absolute Gasteiger partial charge is 0.229 e. The summed E-state index contributed by atoms with van der Waals surface area (Å²) in [6.07, 6.45) is 2.28. The molecule has 1 aliphatic carbocycles. The molecule has 6 heteroatoms. The molecule has 0 saturated heterocycles. The number of amides is 1. The molecule has 1 unspecified atom stereocenters. The van der Waals surface area contributed by atoms with Crippen molar-refractivity contribution in [2.24, 2.45) is 5.41 Å².